The smallest absolute Gasteiger partial charge is 0.433 e. The largest absolute Gasteiger partial charge is 0.573 e. The van der Waals surface area contributed by atoms with Gasteiger partial charge in [-0.1, -0.05) is 31.2 Å². The molecule has 4 aromatic rings. The first-order chi connectivity index (χ1) is 27.6. The zero-order valence-electron chi connectivity index (χ0n) is 33.0. The predicted molar refractivity (Wildman–Crippen MR) is 216 cm³/mol. The Labute approximate surface area is 345 Å². The number of thioether (sulfide) groups is 2. The molecule has 15 heteroatoms. The standard InChI is InChI=1S/C22H26F2N2O2S.C21H23F3N2O2S/c1-15-7-4-8-16(2)26(15)21(27)20-12-5-9-17(25-20)14-29-19-11-6-10-18(13-19)28-22(3,23)24;1-2-16-8-3-4-12-26(16)20(27)19-11-5-7-15(25-19)14-29-18-10-6-9-17(13-18)28-21(22,23)24/h5-6,9-13,15-16H,4,7-8,14H2,1-3H3;5-7,9-11,13,16H,2-4,8,12,14H2,1H3. The molecule has 3 atom stereocenters. The van der Waals surface area contributed by atoms with Crippen molar-refractivity contribution in [2.75, 3.05) is 6.54 Å². The monoisotopic (exact) mass is 844 g/mol. The van der Waals surface area contributed by atoms with Crippen molar-refractivity contribution in [1.29, 1.82) is 0 Å². The summed E-state index contributed by atoms with van der Waals surface area (Å²) in [5, 5.41) is 0. The lowest BCUT2D eigenvalue weighted by molar-refractivity contribution is -0.274. The number of benzene rings is 2. The normalized spacial score (nSPS) is 18.5. The van der Waals surface area contributed by atoms with Gasteiger partial charge in [-0.05, 0) is 119 Å². The highest BCUT2D eigenvalue weighted by molar-refractivity contribution is 7.98. The van der Waals surface area contributed by atoms with E-state index in [-0.39, 0.29) is 41.4 Å². The second-order valence-corrected chi connectivity index (χ2v) is 16.5. The van der Waals surface area contributed by atoms with Gasteiger partial charge in [0.05, 0.1) is 11.4 Å². The molecular weight excluding hydrogens is 796 g/mol. The first kappa shape index (κ1) is 44.7. The first-order valence-corrected chi connectivity index (χ1v) is 21.4. The van der Waals surface area contributed by atoms with E-state index in [1.807, 2.05) is 34.1 Å². The van der Waals surface area contributed by atoms with Crippen LogP contribution < -0.4 is 9.47 Å². The molecule has 4 heterocycles. The number of piperidine rings is 2. The maximum absolute atomic E-state index is 13.0. The molecule has 2 saturated heterocycles. The van der Waals surface area contributed by atoms with Crippen LogP contribution in [0.3, 0.4) is 0 Å². The second kappa shape index (κ2) is 20.5. The van der Waals surface area contributed by atoms with Crippen molar-refractivity contribution in [2.45, 2.75) is 125 Å². The molecule has 3 unspecified atom stereocenters. The van der Waals surface area contributed by atoms with E-state index in [4.69, 9.17) is 0 Å². The maximum Gasteiger partial charge on any atom is 0.573 e. The van der Waals surface area contributed by atoms with Crippen molar-refractivity contribution >= 4 is 35.3 Å². The second-order valence-electron chi connectivity index (χ2n) is 14.4. The predicted octanol–water partition coefficient (Wildman–Crippen LogP) is 11.4. The Morgan fingerprint density at radius 3 is 1.74 bits per heavy atom. The molecule has 0 bridgehead atoms. The summed E-state index contributed by atoms with van der Waals surface area (Å²) >= 11 is 2.80. The third kappa shape index (κ3) is 13.6. The summed E-state index contributed by atoms with van der Waals surface area (Å²) in [5.74, 6) is 0.745. The van der Waals surface area contributed by atoms with Gasteiger partial charge in [0, 0.05) is 52.9 Å². The SMILES string of the molecule is CC1CCCC(C)N1C(=O)c1cccc(CSc2cccc(OC(C)(F)F)c2)n1.CCC1CCCCN1C(=O)c1cccc(CSc2cccc(OC(F)(F)F)c2)n1. The summed E-state index contributed by atoms with van der Waals surface area (Å²) in [6.45, 7) is 7.73. The Hall–Kier alpha value is -4.37. The summed E-state index contributed by atoms with van der Waals surface area (Å²) in [6, 6.07) is 23.9. The van der Waals surface area contributed by atoms with Crippen LogP contribution in [0.5, 0.6) is 11.5 Å². The zero-order chi connectivity index (χ0) is 41.9. The first-order valence-electron chi connectivity index (χ1n) is 19.4. The van der Waals surface area contributed by atoms with Gasteiger partial charge in [-0.3, -0.25) is 9.59 Å². The summed E-state index contributed by atoms with van der Waals surface area (Å²) in [5.41, 5.74) is 2.34. The highest BCUT2D eigenvalue weighted by Crippen LogP contribution is 2.31. The molecule has 0 saturated carbocycles. The number of aromatic nitrogens is 2. The van der Waals surface area contributed by atoms with Crippen molar-refractivity contribution in [3.05, 3.63) is 108 Å². The molecule has 2 fully saturated rings. The van der Waals surface area contributed by atoms with E-state index in [0.29, 0.717) is 40.4 Å². The van der Waals surface area contributed by atoms with Gasteiger partial charge >= 0.3 is 12.5 Å². The molecule has 312 valence electrons. The lowest BCUT2D eigenvalue weighted by Crippen LogP contribution is -2.47. The van der Waals surface area contributed by atoms with Crippen LogP contribution in [0.1, 0.15) is 105 Å². The highest BCUT2D eigenvalue weighted by Gasteiger charge is 2.32. The van der Waals surface area contributed by atoms with Crippen molar-refractivity contribution < 1.29 is 41.0 Å². The molecule has 0 spiro atoms. The number of carbonyl (C=O) groups excluding carboxylic acids is 2. The van der Waals surface area contributed by atoms with E-state index in [2.05, 4.69) is 40.2 Å². The number of pyridine rings is 2. The van der Waals surface area contributed by atoms with Crippen molar-refractivity contribution in [2.24, 2.45) is 0 Å². The van der Waals surface area contributed by atoms with E-state index in [1.54, 1.807) is 36.4 Å². The average Bonchev–Trinajstić information content (AvgIpc) is 3.18. The topological polar surface area (TPSA) is 84.9 Å². The lowest BCUT2D eigenvalue weighted by atomic mass is 9.97. The number of halogens is 5. The Balaban J connectivity index is 0.000000221. The fourth-order valence-corrected chi connectivity index (χ4v) is 8.76. The van der Waals surface area contributed by atoms with Gasteiger partial charge in [-0.2, -0.15) is 8.78 Å². The number of carbonyl (C=O) groups is 2. The number of likely N-dealkylation sites (tertiary alicyclic amines) is 2. The molecule has 2 aliphatic heterocycles. The number of alkyl halides is 5. The maximum atomic E-state index is 13.0. The lowest BCUT2D eigenvalue weighted by Gasteiger charge is -2.38. The molecule has 0 radical (unpaired) electrons. The van der Waals surface area contributed by atoms with Gasteiger partial charge in [0.1, 0.15) is 22.9 Å². The number of hydrogen-bond donors (Lipinski definition) is 0. The van der Waals surface area contributed by atoms with Crippen molar-refractivity contribution in [3.8, 4) is 11.5 Å². The fourth-order valence-electron chi connectivity index (χ4n) is 7.06. The van der Waals surface area contributed by atoms with Crippen molar-refractivity contribution in [1.82, 2.24) is 19.8 Å². The van der Waals surface area contributed by atoms with Crippen LogP contribution in [0.4, 0.5) is 22.0 Å². The molecule has 2 amide bonds. The highest BCUT2D eigenvalue weighted by atomic mass is 32.2. The quantitative estimate of drug-likeness (QED) is 0.103. The van der Waals surface area contributed by atoms with Gasteiger partial charge in [0.2, 0.25) is 0 Å². The van der Waals surface area contributed by atoms with Gasteiger partial charge < -0.3 is 19.3 Å². The molecule has 2 aliphatic rings. The summed E-state index contributed by atoms with van der Waals surface area (Å²) in [7, 11) is 0. The van der Waals surface area contributed by atoms with Crippen LogP contribution in [0, 0.1) is 0 Å². The van der Waals surface area contributed by atoms with Gasteiger partial charge in [0.15, 0.2) is 0 Å². The number of rotatable bonds is 12. The molecule has 58 heavy (non-hydrogen) atoms. The van der Waals surface area contributed by atoms with Crippen LogP contribution in [0.2, 0.25) is 0 Å². The molecule has 8 nitrogen and oxygen atoms in total. The summed E-state index contributed by atoms with van der Waals surface area (Å²) in [6.07, 6.45) is -0.666. The molecule has 0 aliphatic carbocycles. The molecule has 0 N–H and O–H groups in total. The Kier molecular flexibility index (Phi) is 15.8. The van der Waals surface area contributed by atoms with E-state index in [9.17, 15) is 31.5 Å². The Morgan fingerprint density at radius 2 is 1.22 bits per heavy atom. The summed E-state index contributed by atoms with van der Waals surface area (Å²) in [4.78, 5) is 40.2. The van der Waals surface area contributed by atoms with Crippen LogP contribution in [-0.4, -0.2) is 68.7 Å². The number of hydrogen-bond acceptors (Lipinski definition) is 8. The minimum Gasteiger partial charge on any atom is -0.433 e. The minimum absolute atomic E-state index is 0.0304. The van der Waals surface area contributed by atoms with E-state index < -0.39 is 12.5 Å². The Morgan fingerprint density at radius 1 is 0.707 bits per heavy atom. The summed E-state index contributed by atoms with van der Waals surface area (Å²) < 4.78 is 71.8. The number of ether oxygens (including phenoxy) is 2. The van der Waals surface area contributed by atoms with Gasteiger partial charge in [-0.15, -0.1) is 36.7 Å². The fraction of sp³-hybridized carbons (Fsp3) is 0.442. The third-order valence-corrected chi connectivity index (χ3v) is 11.8. The van der Waals surface area contributed by atoms with Crippen LogP contribution in [0.15, 0.2) is 94.7 Å². The third-order valence-electron chi connectivity index (χ3n) is 9.75. The molecule has 2 aromatic heterocycles. The average molecular weight is 845 g/mol. The van der Waals surface area contributed by atoms with Crippen LogP contribution in [0.25, 0.3) is 0 Å². The molecule has 6 rings (SSSR count). The minimum atomic E-state index is -4.72. The van der Waals surface area contributed by atoms with Crippen molar-refractivity contribution in [3.63, 3.8) is 0 Å². The van der Waals surface area contributed by atoms with Crippen LogP contribution in [-0.2, 0) is 11.5 Å². The molecule has 2 aromatic carbocycles. The zero-order valence-corrected chi connectivity index (χ0v) is 34.6. The van der Waals surface area contributed by atoms with Crippen LogP contribution >= 0.6 is 23.5 Å². The number of nitrogens with zero attached hydrogens (tertiary/aromatic N) is 4. The molecular formula is C43H49F5N4O4S2. The van der Waals surface area contributed by atoms with E-state index in [1.165, 1.54) is 47.8 Å². The van der Waals surface area contributed by atoms with Gasteiger partial charge in [-0.25, -0.2) is 9.97 Å². The van der Waals surface area contributed by atoms with E-state index in [0.717, 1.165) is 62.1 Å². The van der Waals surface area contributed by atoms with E-state index >= 15 is 0 Å². The Bertz CT molecular complexity index is 1970. The van der Waals surface area contributed by atoms with Gasteiger partial charge in [0.25, 0.3) is 11.8 Å². The number of amides is 2.